The van der Waals surface area contributed by atoms with Gasteiger partial charge in [-0.25, -0.2) is 0 Å². The van der Waals surface area contributed by atoms with Gasteiger partial charge in [0, 0.05) is 5.69 Å². The minimum absolute atomic E-state index is 0.107. The van der Waals surface area contributed by atoms with Crippen LogP contribution in [-0.4, -0.2) is 5.91 Å². The molecule has 0 aliphatic carbocycles. The molecule has 1 heterocycles. The first-order valence-corrected chi connectivity index (χ1v) is 8.70. The van der Waals surface area contributed by atoms with Crippen LogP contribution >= 0.6 is 0 Å². The number of carbonyl (C=O) groups excluding carboxylic acids is 1. The van der Waals surface area contributed by atoms with Crippen LogP contribution in [-0.2, 0) is 4.79 Å². The summed E-state index contributed by atoms with van der Waals surface area (Å²) in [6.07, 6.45) is 0. The van der Waals surface area contributed by atoms with Crippen molar-refractivity contribution in [2.45, 2.75) is 25.8 Å². The van der Waals surface area contributed by atoms with Gasteiger partial charge in [0.25, 0.3) is 0 Å². The third-order valence-corrected chi connectivity index (χ3v) is 5.01. The van der Waals surface area contributed by atoms with Gasteiger partial charge in [0.05, 0.1) is 12.0 Å². The predicted octanol–water partition coefficient (Wildman–Crippen LogP) is 5.23. The molecule has 2 nitrogen and oxygen atoms in total. The summed E-state index contributed by atoms with van der Waals surface area (Å²) >= 11 is 0. The molecule has 0 N–H and O–H groups in total. The summed E-state index contributed by atoms with van der Waals surface area (Å²) < 4.78 is 0. The molecule has 1 aliphatic heterocycles. The molecule has 0 spiro atoms. The van der Waals surface area contributed by atoms with E-state index in [1.54, 1.807) is 0 Å². The topological polar surface area (TPSA) is 20.3 Å². The van der Waals surface area contributed by atoms with Crippen molar-refractivity contribution >= 4 is 11.6 Å². The van der Waals surface area contributed by atoms with Crippen molar-refractivity contribution in [3.05, 3.63) is 101 Å². The van der Waals surface area contributed by atoms with E-state index in [1.807, 2.05) is 48.2 Å². The van der Waals surface area contributed by atoms with Crippen molar-refractivity contribution in [1.29, 1.82) is 0 Å². The van der Waals surface area contributed by atoms with Gasteiger partial charge in [0.1, 0.15) is 0 Å². The zero-order valence-electron chi connectivity index (χ0n) is 14.5. The smallest absolute Gasteiger partial charge is 0.235 e. The van der Waals surface area contributed by atoms with Crippen LogP contribution in [0, 0.1) is 6.92 Å². The summed E-state index contributed by atoms with van der Waals surface area (Å²) in [5.41, 5.74) is 5.60. The number of benzene rings is 3. The molecule has 0 saturated carbocycles. The lowest BCUT2D eigenvalue weighted by molar-refractivity contribution is -0.119. The molecule has 1 aliphatic rings. The molecule has 0 radical (unpaired) electrons. The molecule has 2 heteroatoms. The average molecular weight is 327 g/mol. The molecule has 1 amide bonds. The van der Waals surface area contributed by atoms with E-state index in [0.717, 1.165) is 22.4 Å². The first-order chi connectivity index (χ1) is 12.2. The number of aryl methyl sites for hydroxylation is 1. The van der Waals surface area contributed by atoms with Crippen LogP contribution < -0.4 is 4.90 Å². The monoisotopic (exact) mass is 327 g/mol. The van der Waals surface area contributed by atoms with E-state index in [2.05, 4.69) is 49.4 Å². The van der Waals surface area contributed by atoms with E-state index in [4.69, 9.17) is 0 Å². The number of fused-ring (bicyclic) bond motifs is 1. The van der Waals surface area contributed by atoms with Gasteiger partial charge in [0.15, 0.2) is 0 Å². The van der Waals surface area contributed by atoms with Gasteiger partial charge in [-0.15, -0.1) is 0 Å². The number of anilines is 1. The van der Waals surface area contributed by atoms with Gasteiger partial charge in [-0.2, -0.15) is 0 Å². The Kier molecular flexibility index (Phi) is 3.89. The van der Waals surface area contributed by atoms with Crippen molar-refractivity contribution in [2.24, 2.45) is 0 Å². The first kappa shape index (κ1) is 15.6. The molecular weight excluding hydrogens is 306 g/mol. The summed E-state index contributed by atoms with van der Waals surface area (Å²) in [4.78, 5) is 15.2. The van der Waals surface area contributed by atoms with E-state index < -0.39 is 0 Å². The summed E-state index contributed by atoms with van der Waals surface area (Å²) in [7, 11) is 0. The summed E-state index contributed by atoms with van der Waals surface area (Å²) in [6.45, 7) is 4.08. The number of rotatable bonds is 3. The van der Waals surface area contributed by atoms with E-state index in [9.17, 15) is 4.79 Å². The highest BCUT2D eigenvalue weighted by atomic mass is 16.2. The van der Waals surface area contributed by atoms with Gasteiger partial charge in [-0.3, -0.25) is 9.69 Å². The van der Waals surface area contributed by atoms with E-state index >= 15 is 0 Å². The van der Waals surface area contributed by atoms with Crippen LogP contribution in [0.25, 0.3) is 0 Å². The van der Waals surface area contributed by atoms with Gasteiger partial charge >= 0.3 is 0 Å². The molecule has 0 fully saturated rings. The lowest BCUT2D eigenvalue weighted by Crippen LogP contribution is -2.33. The Balaban J connectivity index is 1.91. The number of hydrogen-bond donors (Lipinski definition) is 0. The van der Waals surface area contributed by atoms with Crippen LogP contribution in [0.1, 0.15) is 41.1 Å². The Morgan fingerprint density at radius 2 is 1.40 bits per heavy atom. The highest BCUT2D eigenvalue weighted by molar-refractivity contribution is 6.05. The second kappa shape index (κ2) is 6.21. The van der Waals surface area contributed by atoms with E-state index in [1.165, 1.54) is 5.56 Å². The lowest BCUT2D eigenvalue weighted by atomic mass is 9.97. The van der Waals surface area contributed by atoms with Gasteiger partial charge in [-0.1, -0.05) is 78.4 Å². The Morgan fingerprint density at radius 1 is 0.840 bits per heavy atom. The molecular formula is C23H21NO. The number of hydrogen-bond acceptors (Lipinski definition) is 1. The Morgan fingerprint density at radius 3 is 1.96 bits per heavy atom. The third kappa shape index (κ3) is 2.64. The summed E-state index contributed by atoms with van der Waals surface area (Å²) in [5.74, 6) is 0.0585. The SMILES string of the molecule is Cc1ccc2c(c1)[C@@H](C)C(=O)N2C(c1ccccc1)c1ccccc1. The average Bonchev–Trinajstić information content (AvgIpc) is 2.89. The maximum absolute atomic E-state index is 13.2. The van der Waals surface area contributed by atoms with Crippen LogP contribution in [0.15, 0.2) is 78.9 Å². The van der Waals surface area contributed by atoms with Crippen LogP contribution in [0.3, 0.4) is 0 Å². The predicted molar refractivity (Wildman–Crippen MR) is 102 cm³/mol. The van der Waals surface area contributed by atoms with Crippen molar-refractivity contribution in [2.75, 3.05) is 4.90 Å². The van der Waals surface area contributed by atoms with Crippen molar-refractivity contribution in [1.82, 2.24) is 0 Å². The summed E-state index contributed by atoms with van der Waals surface area (Å²) in [5, 5.41) is 0. The maximum atomic E-state index is 13.2. The molecule has 124 valence electrons. The Bertz CT molecular complexity index is 862. The third-order valence-electron chi connectivity index (χ3n) is 5.01. The van der Waals surface area contributed by atoms with Crippen LogP contribution in [0.5, 0.6) is 0 Å². The first-order valence-electron chi connectivity index (χ1n) is 8.70. The zero-order valence-corrected chi connectivity index (χ0v) is 14.5. The van der Waals surface area contributed by atoms with Crippen LogP contribution in [0.2, 0.25) is 0 Å². The minimum atomic E-state index is -0.110. The minimum Gasteiger partial charge on any atom is -0.300 e. The van der Waals surface area contributed by atoms with Crippen molar-refractivity contribution < 1.29 is 4.79 Å². The van der Waals surface area contributed by atoms with Gasteiger partial charge in [0.2, 0.25) is 5.91 Å². The fourth-order valence-corrected chi connectivity index (χ4v) is 3.73. The lowest BCUT2D eigenvalue weighted by Gasteiger charge is -2.30. The Labute approximate surface area is 148 Å². The molecule has 0 aromatic heterocycles. The van der Waals surface area contributed by atoms with Crippen molar-refractivity contribution in [3.8, 4) is 0 Å². The number of carbonyl (C=O) groups is 1. The zero-order chi connectivity index (χ0) is 17.4. The second-order valence-corrected chi connectivity index (χ2v) is 6.72. The highest BCUT2D eigenvalue weighted by Crippen LogP contribution is 2.44. The molecule has 3 aromatic rings. The molecule has 4 rings (SSSR count). The van der Waals surface area contributed by atoms with Gasteiger partial charge < -0.3 is 0 Å². The fraction of sp³-hybridized carbons (Fsp3) is 0.174. The molecule has 1 atom stereocenters. The van der Waals surface area contributed by atoms with E-state index in [-0.39, 0.29) is 17.9 Å². The van der Waals surface area contributed by atoms with Crippen LogP contribution in [0.4, 0.5) is 5.69 Å². The molecule has 3 aromatic carbocycles. The maximum Gasteiger partial charge on any atom is 0.235 e. The van der Waals surface area contributed by atoms with E-state index in [0.29, 0.717) is 0 Å². The van der Waals surface area contributed by atoms with Crippen molar-refractivity contribution in [3.63, 3.8) is 0 Å². The molecule has 0 unspecified atom stereocenters. The fourth-order valence-electron chi connectivity index (χ4n) is 3.73. The van der Waals surface area contributed by atoms with Gasteiger partial charge in [-0.05, 0) is 36.6 Å². The molecule has 0 saturated heterocycles. The quantitative estimate of drug-likeness (QED) is 0.644. The standard InChI is InChI=1S/C23H21NO/c1-16-13-14-21-20(15-16)17(2)23(25)24(21)22(18-9-5-3-6-10-18)19-11-7-4-8-12-19/h3-15,17,22H,1-2H3/t17-/m1/s1. The highest BCUT2D eigenvalue weighted by Gasteiger charge is 2.39. The number of amides is 1. The summed E-state index contributed by atoms with van der Waals surface area (Å²) in [6, 6.07) is 26.8. The molecule has 25 heavy (non-hydrogen) atoms. The normalized spacial score (nSPS) is 16.4. The Hall–Kier alpha value is -2.87. The second-order valence-electron chi connectivity index (χ2n) is 6.72. The largest absolute Gasteiger partial charge is 0.300 e. The molecule has 0 bridgehead atoms. The number of nitrogens with zero attached hydrogens (tertiary/aromatic N) is 1.